The van der Waals surface area contributed by atoms with Crippen molar-refractivity contribution in [3.8, 4) is 11.5 Å². The number of nitrogens with zero attached hydrogens (tertiary/aromatic N) is 1. The van der Waals surface area contributed by atoms with Crippen molar-refractivity contribution in [2.24, 2.45) is 0 Å². The Kier molecular flexibility index (Phi) is 9.23. The van der Waals surface area contributed by atoms with Crippen LogP contribution in [0.2, 0.25) is 0 Å². The number of imide groups is 1. The molecule has 1 aliphatic rings. The first kappa shape index (κ1) is 23.9. The summed E-state index contributed by atoms with van der Waals surface area (Å²) in [6.45, 7) is 5.40. The highest BCUT2D eigenvalue weighted by atomic mass is 32.2. The van der Waals surface area contributed by atoms with Crippen LogP contribution in [0.15, 0.2) is 53.4 Å². The first-order valence-electron chi connectivity index (χ1n) is 11.4. The number of anilines is 1. The van der Waals surface area contributed by atoms with Gasteiger partial charge in [0.25, 0.3) is 11.1 Å². The minimum Gasteiger partial charge on any atom is -0.494 e. The van der Waals surface area contributed by atoms with Gasteiger partial charge in [0, 0.05) is 0 Å². The molecule has 0 aromatic heterocycles. The second-order valence-corrected chi connectivity index (χ2v) is 8.62. The molecule has 170 valence electrons. The summed E-state index contributed by atoms with van der Waals surface area (Å²) in [5.41, 5.74) is 1.40. The minimum absolute atomic E-state index is 0.302. The number of carbonyl (C=O) groups is 2. The lowest BCUT2D eigenvalue weighted by atomic mass is 10.1. The third-order valence-electron chi connectivity index (χ3n) is 5.14. The summed E-state index contributed by atoms with van der Waals surface area (Å²) in [7, 11) is 0. The fraction of sp³-hybridized carbons (Fsp3) is 0.385. The Bertz CT molecular complexity index is 922. The molecule has 0 bridgehead atoms. The standard InChI is InChI=1S/C26H31NO4S/c1-3-5-6-7-8-9-18-31-23-14-10-20(11-15-23)19-24-25(28)27(26(29)32-24)21-12-16-22(17-13-21)30-4-2/h10-17,19H,3-9,18H2,1-2H3/b24-19+. The van der Waals surface area contributed by atoms with Crippen LogP contribution in [0.3, 0.4) is 0 Å². The highest BCUT2D eigenvalue weighted by molar-refractivity contribution is 8.19. The van der Waals surface area contributed by atoms with Crippen LogP contribution in [-0.2, 0) is 4.79 Å². The van der Waals surface area contributed by atoms with E-state index in [0.717, 1.165) is 29.5 Å². The molecule has 0 saturated carbocycles. The van der Waals surface area contributed by atoms with Crippen LogP contribution in [-0.4, -0.2) is 24.4 Å². The van der Waals surface area contributed by atoms with E-state index in [4.69, 9.17) is 9.47 Å². The van der Waals surface area contributed by atoms with Crippen LogP contribution in [0.4, 0.5) is 10.5 Å². The molecular formula is C26H31NO4S. The van der Waals surface area contributed by atoms with Gasteiger partial charge in [-0.05, 0) is 73.1 Å². The molecule has 2 aromatic carbocycles. The van der Waals surface area contributed by atoms with Gasteiger partial charge in [-0.1, -0.05) is 51.2 Å². The Hall–Kier alpha value is -2.73. The van der Waals surface area contributed by atoms with Gasteiger partial charge in [-0.3, -0.25) is 9.59 Å². The zero-order chi connectivity index (χ0) is 22.8. The topological polar surface area (TPSA) is 55.8 Å². The van der Waals surface area contributed by atoms with E-state index in [0.29, 0.717) is 29.6 Å². The Morgan fingerprint density at radius 1 is 0.812 bits per heavy atom. The molecule has 2 aromatic rings. The Labute approximate surface area is 194 Å². The van der Waals surface area contributed by atoms with Gasteiger partial charge in [-0.2, -0.15) is 0 Å². The normalized spacial score (nSPS) is 14.9. The predicted octanol–water partition coefficient (Wildman–Crippen LogP) is 7.07. The van der Waals surface area contributed by atoms with Crippen LogP contribution >= 0.6 is 11.8 Å². The number of hydrogen-bond donors (Lipinski definition) is 0. The lowest BCUT2D eigenvalue weighted by Gasteiger charge is -2.13. The van der Waals surface area contributed by atoms with Gasteiger partial charge in [0.05, 0.1) is 23.8 Å². The van der Waals surface area contributed by atoms with E-state index in [9.17, 15) is 9.59 Å². The number of thioether (sulfide) groups is 1. The van der Waals surface area contributed by atoms with Crippen molar-refractivity contribution in [3.05, 3.63) is 59.0 Å². The molecule has 0 aliphatic carbocycles. The number of rotatable bonds is 12. The second-order valence-electron chi connectivity index (χ2n) is 7.63. The first-order chi connectivity index (χ1) is 15.6. The van der Waals surface area contributed by atoms with Crippen LogP contribution < -0.4 is 14.4 Å². The second kappa shape index (κ2) is 12.3. The summed E-state index contributed by atoms with van der Waals surface area (Å²) in [4.78, 5) is 26.9. The quantitative estimate of drug-likeness (QED) is 0.254. The van der Waals surface area contributed by atoms with E-state index in [2.05, 4.69) is 6.92 Å². The van der Waals surface area contributed by atoms with Gasteiger partial charge in [0.15, 0.2) is 0 Å². The molecule has 2 amide bonds. The van der Waals surface area contributed by atoms with Crippen molar-refractivity contribution >= 4 is 34.7 Å². The molecule has 0 atom stereocenters. The van der Waals surface area contributed by atoms with E-state index in [1.54, 1.807) is 30.3 Å². The highest BCUT2D eigenvalue weighted by Crippen LogP contribution is 2.36. The molecule has 1 heterocycles. The van der Waals surface area contributed by atoms with Crippen LogP contribution in [0.5, 0.6) is 11.5 Å². The average Bonchev–Trinajstić information content (AvgIpc) is 3.08. The zero-order valence-electron chi connectivity index (χ0n) is 18.8. The van der Waals surface area contributed by atoms with E-state index >= 15 is 0 Å². The molecule has 32 heavy (non-hydrogen) atoms. The fourth-order valence-electron chi connectivity index (χ4n) is 3.43. The predicted molar refractivity (Wildman–Crippen MR) is 131 cm³/mol. The summed E-state index contributed by atoms with van der Waals surface area (Å²) in [5.74, 6) is 1.21. The molecule has 0 unspecified atom stereocenters. The molecule has 1 saturated heterocycles. The maximum Gasteiger partial charge on any atom is 0.298 e. The molecule has 0 spiro atoms. The molecular weight excluding hydrogens is 422 g/mol. The number of benzene rings is 2. The molecule has 1 fully saturated rings. The Balaban J connectivity index is 1.55. The fourth-order valence-corrected chi connectivity index (χ4v) is 4.27. The molecule has 0 N–H and O–H groups in total. The molecule has 3 rings (SSSR count). The summed E-state index contributed by atoms with van der Waals surface area (Å²) < 4.78 is 11.2. The largest absolute Gasteiger partial charge is 0.494 e. The molecule has 0 radical (unpaired) electrons. The van der Waals surface area contributed by atoms with Crippen molar-refractivity contribution in [2.75, 3.05) is 18.1 Å². The smallest absolute Gasteiger partial charge is 0.298 e. The van der Waals surface area contributed by atoms with Gasteiger partial charge in [0.2, 0.25) is 0 Å². The van der Waals surface area contributed by atoms with Gasteiger partial charge in [-0.15, -0.1) is 0 Å². The molecule has 6 heteroatoms. The lowest BCUT2D eigenvalue weighted by Crippen LogP contribution is -2.27. The van der Waals surface area contributed by atoms with E-state index in [1.165, 1.54) is 37.0 Å². The zero-order valence-corrected chi connectivity index (χ0v) is 19.7. The first-order valence-corrected chi connectivity index (χ1v) is 12.2. The van der Waals surface area contributed by atoms with E-state index in [-0.39, 0.29) is 11.1 Å². The van der Waals surface area contributed by atoms with Gasteiger partial charge >= 0.3 is 0 Å². The van der Waals surface area contributed by atoms with Gasteiger partial charge in [0.1, 0.15) is 11.5 Å². The number of ether oxygens (including phenoxy) is 2. The summed E-state index contributed by atoms with van der Waals surface area (Å²) in [6, 6.07) is 14.6. The van der Waals surface area contributed by atoms with Gasteiger partial charge in [-0.25, -0.2) is 4.90 Å². The van der Waals surface area contributed by atoms with Crippen molar-refractivity contribution < 1.29 is 19.1 Å². The molecule has 5 nitrogen and oxygen atoms in total. The van der Waals surface area contributed by atoms with Crippen molar-refractivity contribution in [1.29, 1.82) is 0 Å². The maximum absolute atomic E-state index is 12.8. The number of carbonyl (C=O) groups excluding carboxylic acids is 2. The van der Waals surface area contributed by atoms with Crippen LogP contribution in [0, 0.1) is 0 Å². The highest BCUT2D eigenvalue weighted by Gasteiger charge is 2.36. The van der Waals surface area contributed by atoms with Crippen LogP contribution in [0.25, 0.3) is 6.08 Å². The Morgan fingerprint density at radius 2 is 1.44 bits per heavy atom. The maximum atomic E-state index is 12.8. The monoisotopic (exact) mass is 453 g/mol. The average molecular weight is 454 g/mol. The third kappa shape index (κ3) is 6.63. The summed E-state index contributed by atoms with van der Waals surface area (Å²) in [5, 5.41) is -0.302. The SMILES string of the molecule is CCCCCCCCOc1ccc(/C=C2/SC(=O)N(c3ccc(OCC)cc3)C2=O)cc1. The molecule has 1 aliphatic heterocycles. The van der Waals surface area contributed by atoms with E-state index in [1.807, 2.05) is 31.2 Å². The number of amides is 2. The lowest BCUT2D eigenvalue weighted by molar-refractivity contribution is -0.113. The third-order valence-corrected chi connectivity index (χ3v) is 6.01. The van der Waals surface area contributed by atoms with E-state index < -0.39 is 0 Å². The van der Waals surface area contributed by atoms with Crippen molar-refractivity contribution in [3.63, 3.8) is 0 Å². The van der Waals surface area contributed by atoms with Crippen LogP contribution in [0.1, 0.15) is 57.9 Å². The van der Waals surface area contributed by atoms with Crippen molar-refractivity contribution in [1.82, 2.24) is 0 Å². The summed E-state index contributed by atoms with van der Waals surface area (Å²) >= 11 is 0.951. The Morgan fingerprint density at radius 3 is 2.12 bits per heavy atom. The number of hydrogen-bond acceptors (Lipinski definition) is 5. The van der Waals surface area contributed by atoms with Gasteiger partial charge < -0.3 is 9.47 Å². The van der Waals surface area contributed by atoms with Crippen molar-refractivity contribution in [2.45, 2.75) is 52.4 Å². The minimum atomic E-state index is -0.312. The number of unbranched alkanes of at least 4 members (excludes halogenated alkanes) is 5. The summed E-state index contributed by atoms with van der Waals surface area (Å²) in [6.07, 6.45) is 9.14.